The van der Waals surface area contributed by atoms with Gasteiger partial charge in [-0.1, -0.05) is 18.2 Å². The van der Waals surface area contributed by atoms with E-state index in [4.69, 9.17) is 4.74 Å². The summed E-state index contributed by atoms with van der Waals surface area (Å²) in [5.41, 5.74) is 8.42. The molecule has 0 aliphatic rings. The summed E-state index contributed by atoms with van der Waals surface area (Å²) in [5.74, 6) is -0.577. The van der Waals surface area contributed by atoms with Crippen molar-refractivity contribution in [3.63, 3.8) is 0 Å². The van der Waals surface area contributed by atoms with E-state index in [1.165, 1.54) is 0 Å². The number of nitrogens with one attached hydrogen (secondary N) is 1. The van der Waals surface area contributed by atoms with Crippen molar-refractivity contribution in [2.75, 3.05) is 0 Å². The third-order valence-corrected chi connectivity index (χ3v) is 4.93. The number of esters is 1. The maximum Gasteiger partial charge on any atom is 0.338 e. The van der Waals surface area contributed by atoms with Crippen molar-refractivity contribution in [2.24, 2.45) is 5.10 Å². The van der Waals surface area contributed by atoms with Gasteiger partial charge >= 0.3 is 5.97 Å². The number of ether oxygens (including phenoxy) is 1. The fraction of sp³-hybridized carbons (Fsp3) is 0.240. The lowest BCUT2D eigenvalue weighted by atomic mass is 10.1. The molecule has 0 bridgehead atoms. The smallest absolute Gasteiger partial charge is 0.338 e. The lowest BCUT2D eigenvalue weighted by molar-refractivity contribution is 0.0378. The van der Waals surface area contributed by atoms with E-state index in [1.54, 1.807) is 24.4 Å². The number of benzene rings is 2. The van der Waals surface area contributed by atoms with Gasteiger partial charge in [0, 0.05) is 28.2 Å². The second-order valence-corrected chi connectivity index (χ2v) is 7.68. The van der Waals surface area contributed by atoms with Crippen molar-refractivity contribution in [2.45, 2.75) is 40.7 Å². The van der Waals surface area contributed by atoms with Crippen LogP contribution in [0.15, 0.2) is 59.7 Å². The summed E-state index contributed by atoms with van der Waals surface area (Å²) in [6.07, 6.45) is 1.48. The summed E-state index contributed by atoms with van der Waals surface area (Å²) in [6.45, 7) is 9.52. The maximum atomic E-state index is 12.3. The van der Waals surface area contributed by atoms with E-state index >= 15 is 0 Å². The average molecular weight is 418 g/mol. The van der Waals surface area contributed by atoms with E-state index < -0.39 is 0 Å². The molecule has 3 rings (SSSR count). The molecule has 0 radical (unpaired) electrons. The van der Waals surface area contributed by atoms with E-state index in [2.05, 4.69) is 15.1 Å². The van der Waals surface area contributed by atoms with Gasteiger partial charge in [0.25, 0.3) is 5.91 Å². The number of aryl methyl sites for hydroxylation is 2. The molecule has 160 valence electrons. The van der Waals surface area contributed by atoms with Crippen molar-refractivity contribution in [1.82, 2.24) is 9.99 Å². The van der Waals surface area contributed by atoms with Gasteiger partial charge in [0.05, 0.1) is 17.9 Å². The van der Waals surface area contributed by atoms with Crippen molar-refractivity contribution in [3.8, 4) is 5.69 Å². The van der Waals surface area contributed by atoms with Crippen molar-refractivity contribution in [3.05, 3.63) is 88.2 Å². The van der Waals surface area contributed by atoms with Gasteiger partial charge in [-0.25, -0.2) is 10.2 Å². The molecular weight excluding hydrogens is 390 g/mol. The molecule has 1 aromatic heterocycles. The molecule has 0 atom stereocenters. The van der Waals surface area contributed by atoms with Gasteiger partial charge in [-0.05, 0) is 76.6 Å². The van der Waals surface area contributed by atoms with E-state index in [1.807, 2.05) is 71.0 Å². The molecule has 1 N–H and O–H groups in total. The van der Waals surface area contributed by atoms with Crippen LogP contribution in [-0.2, 0) is 4.74 Å². The summed E-state index contributed by atoms with van der Waals surface area (Å²) in [5, 5.41) is 4.13. The van der Waals surface area contributed by atoms with Crippen LogP contribution in [0.2, 0.25) is 0 Å². The number of aromatic nitrogens is 1. The Morgan fingerprint density at radius 1 is 1.03 bits per heavy atom. The van der Waals surface area contributed by atoms with Crippen molar-refractivity contribution >= 4 is 18.1 Å². The topological polar surface area (TPSA) is 72.7 Å². The fourth-order valence-electron chi connectivity index (χ4n) is 3.39. The monoisotopic (exact) mass is 417 g/mol. The number of hydrazone groups is 1. The molecule has 3 aromatic rings. The summed E-state index contributed by atoms with van der Waals surface area (Å²) < 4.78 is 7.31. The Kier molecular flexibility index (Phi) is 6.70. The maximum absolute atomic E-state index is 12.3. The Bertz CT molecular complexity index is 1130. The summed E-state index contributed by atoms with van der Waals surface area (Å²) >= 11 is 0. The number of carbonyl (C=O) groups excluding carboxylic acids is 2. The van der Waals surface area contributed by atoms with Crippen LogP contribution < -0.4 is 5.43 Å². The van der Waals surface area contributed by atoms with Crippen LogP contribution in [0, 0.1) is 20.8 Å². The highest BCUT2D eigenvalue weighted by molar-refractivity contribution is 5.96. The molecule has 6 nitrogen and oxygen atoms in total. The highest BCUT2D eigenvalue weighted by atomic mass is 16.5. The highest BCUT2D eigenvalue weighted by Gasteiger charge is 2.13. The van der Waals surface area contributed by atoms with Crippen LogP contribution >= 0.6 is 0 Å². The standard InChI is InChI=1S/C25H27N3O3/c1-16(2)31-25(30)20-10-12-22(13-11-20)28-18(4)14-21(19(28)5)15-26-27-24(29)23-9-7-6-8-17(23)3/h6-16H,1-5H3,(H,27,29)/b26-15+. The van der Waals surface area contributed by atoms with Gasteiger partial charge in [-0.2, -0.15) is 5.10 Å². The van der Waals surface area contributed by atoms with Gasteiger partial charge in [0.15, 0.2) is 0 Å². The van der Waals surface area contributed by atoms with Crippen molar-refractivity contribution in [1.29, 1.82) is 0 Å². The Labute approximate surface area is 182 Å². The van der Waals surface area contributed by atoms with E-state index in [9.17, 15) is 9.59 Å². The first kappa shape index (κ1) is 22.0. The third-order valence-electron chi connectivity index (χ3n) is 4.93. The molecule has 31 heavy (non-hydrogen) atoms. The molecule has 6 heteroatoms. The van der Waals surface area contributed by atoms with Crippen LogP contribution in [-0.4, -0.2) is 28.8 Å². The zero-order valence-electron chi connectivity index (χ0n) is 18.5. The zero-order valence-corrected chi connectivity index (χ0v) is 18.5. The molecule has 0 fully saturated rings. The number of carbonyl (C=O) groups is 2. The highest BCUT2D eigenvalue weighted by Crippen LogP contribution is 2.20. The van der Waals surface area contributed by atoms with E-state index in [0.29, 0.717) is 11.1 Å². The SMILES string of the molecule is Cc1ccccc1C(=O)N/N=C/c1cc(C)n(-c2ccc(C(=O)OC(C)C)cc2)c1C. The molecule has 2 aromatic carbocycles. The molecular formula is C25H27N3O3. The molecule has 0 unspecified atom stereocenters. The predicted molar refractivity (Wildman–Crippen MR) is 122 cm³/mol. The van der Waals surface area contributed by atoms with Crippen LogP contribution in [0.3, 0.4) is 0 Å². The number of hydrogen-bond acceptors (Lipinski definition) is 4. The number of rotatable bonds is 6. The summed E-state index contributed by atoms with van der Waals surface area (Å²) in [4.78, 5) is 24.4. The van der Waals surface area contributed by atoms with E-state index in [-0.39, 0.29) is 18.0 Å². The third kappa shape index (κ3) is 5.09. The minimum atomic E-state index is -0.334. The average Bonchev–Trinajstić information content (AvgIpc) is 3.01. The van der Waals surface area contributed by atoms with Gasteiger partial charge in [0.2, 0.25) is 0 Å². The molecule has 0 aliphatic heterocycles. The largest absolute Gasteiger partial charge is 0.459 e. The first-order chi connectivity index (χ1) is 14.8. The lowest BCUT2D eigenvalue weighted by Gasteiger charge is -2.11. The van der Waals surface area contributed by atoms with Gasteiger partial charge < -0.3 is 9.30 Å². The first-order valence-electron chi connectivity index (χ1n) is 10.2. The second kappa shape index (κ2) is 9.43. The van der Waals surface area contributed by atoms with Crippen LogP contribution in [0.4, 0.5) is 0 Å². The summed E-state index contributed by atoms with van der Waals surface area (Å²) in [6, 6.07) is 16.7. The molecule has 0 aliphatic carbocycles. The lowest BCUT2D eigenvalue weighted by Crippen LogP contribution is -2.18. The van der Waals surface area contributed by atoms with Gasteiger partial charge in [-0.3, -0.25) is 4.79 Å². The number of amides is 1. The van der Waals surface area contributed by atoms with Crippen molar-refractivity contribution < 1.29 is 14.3 Å². The predicted octanol–water partition coefficient (Wildman–Crippen LogP) is 4.73. The molecule has 0 spiro atoms. The van der Waals surface area contributed by atoms with Gasteiger partial charge in [-0.15, -0.1) is 0 Å². The Hall–Kier alpha value is -3.67. The quantitative estimate of drug-likeness (QED) is 0.358. The molecule has 1 amide bonds. The van der Waals surface area contributed by atoms with Gasteiger partial charge in [0.1, 0.15) is 0 Å². The second-order valence-electron chi connectivity index (χ2n) is 7.68. The minimum Gasteiger partial charge on any atom is -0.459 e. The normalized spacial score (nSPS) is 11.2. The van der Waals surface area contributed by atoms with Crippen LogP contribution in [0.1, 0.15) is 57.1 Å². The molecule has 1 heterocycles. The number of nitrogens with zero attached hydrogens (tertiary/aromatic N) is 2. The zero-order chi connectivity index (χ0) is 22.5. The Morgan fingerprint density at radius 2 is 1.71 bits per heavy atom. The minimum absolute atomic E-state index is 0.158. The molecule has 0 saturated carbocycles. The Morgan fingerprint density at radius 3 is 2.35 bits per heavy atom. The molecule has 0 saturated heterocycles. The fourth-order valence-corrected chi connectivity index (χ4v) is 3.39. The first-order valence-corrected chi connectivity index (χ1v) is 10.2. The van der Waals surface area contributed by atoms with Crippen LogP contribution in [0.25, 0.3) is 5.69 Å². The van der Waals surface area contributed by atoms with Crippen LogP contribution in [0.5, 0.6) is 0 Å². The number of hydrogen-bond donors (Lipinski definition) is 1. The summed E-state index contributed by atoms with van der Waals surface area (Å²) in [7, 11) is 0. The Balaban J connectivity index is 1.76. The van der Waals surface area contributed by atoms with E-state index in [0.717, 1.165) is 28.2 Å².